The largest absolute Gasteiger partial charge is 0.496 e. The minimum Gasteiger partial charge on any atom is -0.496 e. The van der Waals surface area contributed by atoms with Gasteiger partial charge >= 0.3 is 0 Å². The van der Waals surface area contributed by atoms with Crippen LogP contribution in [0.4, 0.5) is 0 Å². The molecule has 3 nitrogen and oxygen atoms in total. The van der Waals surface area contributed by atoms with Crippen LogP contribution >= 0.6 is 0 Å². The van der Waals surface area contributed by atoms with Gasteiger partial charge in [0.05, 0.1) is 7.11 Å². The van der Waals surface area contributed by atoms with E-state index >= 15 is 0 Å². The molecule has 0 unspecified atom stereocenters. The average molecular weight is 277 g/mol. The molecule has 0 aromatic heterocycles. The van der Waals surface area contributed by atoms with Gasteiger partial charge in [-0.3, -0.25) is 9.69 Å². The molecule has 1 aromatic rings. The van der Waals surface area contributed by atoms with Crippen molar-refractivity contribution in [2.24, 2.45) is 0 Å². The molecular weight excluding hydrogens is 250 g/mol. The van der Waals surface area contributed by atoms with Crippen LogP contribution in [0.25, 0.3) is 0 Å². The number of methoxy groups -OCH3 is 1. The fourth-order valence-corrected chi connectivity index (χ4v) is 2.30. The number of nitrogens with zero attached hydrogens (tertiary/aromatic N) is 1. The average Bonchev–Trinajstić information content (AvgIpc) is 2.46. The number of hydrogen-bond acceptors (Lipinski definition) is 3. The number of aldehydes is 1. The van der Waals surface area contributed by atoms with E-state index in [1.165, 1.54) is 19.3 Å². The van der Waals surface area contributed by atoms with Crippen molar-refractivity contribution in [3.8, 4) is 5.75 Å². The molecule has 3 heteroatoms. The van der Waals surface area contributed by atoms with Crippen LogP contribution in [-0.4, -0.2) is 30.9 Å². The molecule has 0 heterocycles. The molecule has 0 N–H and O–H groups in total. The third kappa shape index (κ3) is 4.97. The van der Waals surface area contributed by atoms with Crippen LogP contribution in [-0.2, 0) is 6.54 Å². The van der Waals surface area contributed by atoms with Crippen LogP contribution in [0.15, 0.2) is 18.2 Å². The van der Waals surface area contributed by atoms with Crippen molar-refractivity contribution in [1.29, 1.82) is 0 Å². The minimum absolute atomic E-state index is 0.483. The molecule has 0 saturated carbocycles. The number of hydrogen-bond donors (Lipinski definition) is 0. The molecule has 20 heavy (non-hydrogen) atoms. The normalized spacial score (nSPS) is 11.1. The second kappa shape index (κ2) is 8.75. The maximum atomic E-state index is 10.9. The van der Waals surface area contributed by atoms with Crippen molar-refractivity contribution in [1.82, 2.24) is 4.90 Å². The number of ether oxygens (including phenoxy) is 1. The molecule has 0 fully saturated rings. The van der Waals surface area contributed by atoms with Gasteiger partial charge in [-0.15, -0.1) is 0 Å². The van der Waals surface area contributed by atoms with Crippen molar-refractivity contribution in [3.63, 3.8) is 0 Å². The summed E-state index contributed by atoms with van der Waals surface area (Å²) in [5.41, 5.74) is 1.79. The van der Waals surface area contributed by atoms with Crippen LogP contribution in [0.2, 0.25) is 0 Å². The molecule has 1 aromatic carbocycles. The van der Waals surface area contributed by atoms with Gasteiger partial charge in [-0.05, 0) is 45.0 Å². The zero-order chi connectivity index (χ0) is 15.0. The van der Waals surface area contributed by atoms with E-state index in [0.29, 0.717) is 11.6 Å². The van der Waals surface area contributed by atoms with E-state index in [4.69, 9.17) is 4.74 Å². The molecule has 0 aliphatic carbocycles. The predicted molar refractivity (Wildman–Crippen MR) is 83.5 cm³/mol. The van der Waals surface area contributed by atoms with Crippen molar-refractivity contribution in [2.45, 2.75) is 52.6 Å². The first-order valence-electron chi connectivity index (χ1n) is 7.48. The Labute approximate surface area is 122 Å². The summed E-state index contributed by atoms with van der Waals surface area (Å²) in [7, 11) is 1.68. The lowest BCUT2D eigenvalue weighted by Gasteiger charge is -2.27. The SMILES string of the molecule is CCCCCN(Cc1cc(C=O)ccc1OC)C(C)C. The summed E-state index contributed by atoms with van der Waals surface area (Å²) in [6.07, 6.45) is 4.59. The summed E-state index contributed by atoms with van der Waals surface area (Å²) < 4.78 is 5.41. The molecule has 0 aliphatic heterocycles. The van der Waals surface area contributed by atoms with Gasteiger partial charge in [-0.2, -0.15) is 0 Å². The summed E-state index contributed by atoms with van der Waals surface area (Å²) in [4.78, 5) is 13.4. The van der Waals surface area contributed by atoms with E-state index in [1.54, 1.807) is 13.2 Å². The quantitative estimate of drug-likeness (QED) is 0.506. The van der Waals surface area contributed by atoms with Gasteiger partial charge in [-0.25, -0.2) is 0 Å². The van der Waals surface area contributed by atoms with Crippen molar-refractivity contribution in [2.75, 3.05) is 13.7 Å². The van der Waals surface area contributed by atoms with Gasteiger partial charge in [0.1, 0.15) is 12.0 Å². The lowest BCUT2D eigenvalue weighted by molar-refractivity contribution is 0.112. The van der Waals surface area contributed by atoms with Gasteiger partial charge in [0.2, 0.25) is 0 Å². The van der Waals surface area contributed by atoms with E-state index in [1.807, 2.05) is 12.1 Å². The Kier molecular flexibility index (Phi) is 7.31. The topological polar surface area (TPSA) is 29.5 Å². The van der Waals surface area contributed by atoms with Gasteiger partial charge in [0.15, 0.2) is 0 Å². The minimum atomic E-state index is 0.483. The Balaban J connectivity index is 2.83. The zero-order valence-electron chi connectivity index (χ0n) is 13.2. The standard InChI is InChI=1S/C17H27NO2/c1-5-6-7-10-18(14(2)3)12-16-11-15(13-19)8-9-17(16)20-4/h8-9,11,13-14H,5-7,10,12H2,1-4H3. The van der Waals surface area contributed by atoms with E-state index in [-0.39, 0.29) is 0 Å². The molecule has 0 bridgehead atoms. The van der Waals surface area contributed by atoms with E-state index < -0.39 is 0 Å². The van der Waals surface area contributed by atoms with Crippen molar-refractivity contribution >= 4 is 6.29 Å². The van der Waals surface area contributed by atoms with Gasteiger partial charge in [-0.1, -0.05) is 19.8 Å². The Morgan fingerprint density at radius 3 is 2.60 bits per heavy atom. The third-order valence-electron chi connectivity index (χ3n) is 3.59. The molecule has 0 aliphatic rings. The summed E-state index contributed by atoms with van der Waals surface area (Å²) in [5.74, 6) is 0.858. The Morgan fingerprint density at radius 2 is 2.05 bits per heavy atom. The number of unbranched alkanes of at least 4 members (excludes halogenated alkanes) is 2. The lowest BCUT2D eigenvalue weighted by Crippen LogP contribution is -2.31. The lowest BCUT2D eigenvalue weighted by atomic mass is 10.1. The molecular formula is C17H27NO2. The third-order valence-corrected chi connectivity index (χ3v) is 3.59. The molecule has 0 saturated heterocycles. The first kappa shape index (κ1) is 16.7. The number of rotatable bonds is 9. The molecule has 0 spiro atoms. The van der Waals surface area contributed by atoms with Gasteiger partial charge in [0, 0.05) is 23.7 Å². The highest BCUT2D eigenvalue weighted by atomic mass is 16.5. The molecule has 112 valence electrons. The monoisotopic (exact) mass is 277 g/mol. The zero-order valence-corrected chi connectivity index (χ0v) is 13.2. The maximum absolute atomic E-state index is 10.9. The second-order valence-corrected chi connectivity index (χ2v) is 5.46. The van der Waals surface area contributed by atoms with Gasteiger partial charge in [0.25, 0.3) is 0 Å². The van der Waals surface area contributed by atoms with Crippen LogP contribution in [0, 0.1) is 0 Å². The van der Waals surface area contributed by atoms with E-state index in [9.17, 15) is 4.79 Å². The number of carbonyl (C=O) groups is 1. The molecule has 1 rings (SSSR count). The maximum Gasteiger partial charge on any atom is 0.150 e. The highest BCUT2D eigenvalue weighted by molar-refractivity contribution is 5.75. The summed E-state index contributed by atoms with van der Waals surface area (Å²) in [6.45, 7) is 8.55. The molecule has 0 amide bonds. The fourth-order valence-electron chi connectivity index (χ4n) is 2.30. The van der Waals surface area contributed by atoms with Crippen LogP contribution in [0.5, 0.6) is 5.75 Å². The number of benzene rings is 1. The van der Waals surface area contributed by atoms with E-state index in [2.05, 4.69) is 25.7 Å². The summed E-state index contributed by atoms with van der Waals surface area (Å²) in [6, 6.07) is 6.09. The smallest absolute Gasteiger partial charge is 0.150 e. The Bertz CT molecular complexity index is 415. The van der Waals surface area contributed by atoms with Crippen molar-refractivity contribution < 1.29 is 9.53 Å². The number of carbonyl (C=O) groups excluding carboxylic acids is 1. The Hall–Kier alpha value is -1.35. The summed E-state index contributed by atoms with van der Waals surface area (Å²) >= 11 is 0. The highest BCUT2D eigenvalue weighted by Crippen LogP contribution is 2.22. The van der Waals surface area contributed by atoms with Gasteiger partial charge < -0.3 is 4.74 Å². The Morgan fingerprint density at radius 1 is 1.30 bits per heavy atom. The molecule has 0 atom stereocenters. The van der Waals surface area contributed by atoms with E-state index in [0.717, 1.165) is 30.7 Å². The summed E-state index contributed by atoms with van der Waals surface area (Å²) in [5, 5.41) is 0. The first-order chi connectivity index (χ1) is 9.62. The second-order valence-electron chi connectivity index (χ2n) is 5.46. The fraction of sp³-hybridized carbons (Fsp3) is 0.588. The van der Waals surface area contributed by atoms with Crippen molar-refractivity contribution in [3.05, 3.63) is 29.3 Å². The van der Waals surface area contributed by atoms with Crippen LogP contribution < -0.4 is 4.74 Å². The first-order valence-corrected chi connectivity index (χ1v) is 7.48. The molecule has 0 radical (unpaired) electrons. The predicted octanol–water partition coefficient (Wildman–Crippen LogP) is 3.91. The van der Waals surface area contributed by atoms with Crippen LogP contribution in [0.3, 0.4) is 0 Å². The highest BCUT2D eigenvalue weighted by Gasteiger charge is 2.13. The van der Waals surface area contributed by atoms with Crippen LogP contribution in [0.1, 0.15) is 56.0 Å².